The Morgan fingerprint density at radius 1 is 1.33 bits per heavy atom. The summed E-state index contributed by atoms with van der Waals surface area (Å²) in [6.07, 6.45) is 5.21. The molecule has 0 unspecified atom stereocenters. The van der Waals surface area contributed by atoms with Crippen LogP contribution in [0.1, 0.15) is 31.5 Å². The summed E-state index contributed by atoms with van der Waals surface area (Å²) in [6.45, 7) is 4.00. The van der Waals surface area contributed by atoms with Crippen molar-refractivity contribution in [1.82, 2.24) is 9.97 Å². The Labute approximate surface area is 78.0 Å². The fraction of sp³-hybridized carbons (Fsp3) is 0.556. The van der Waals surface area contributed by atoms with Gasteiger partial charge in [-0.15, -0.1) is 0 Å². The van der Waals surface area contributed by atoms with Gasteiger partial charge >= 0.3 is 0 Å². The molecule has 1 aliphatic rings. The van der Waals surface area contributed by atoms with Gasteiger partial charge in [0.1, 0.15) is 0 Å². The van der Waals surface area contributed by atoms with Gasteiger partial charge < -0.3 is 0 Å². The molecule has 1 aromatic heterocycles. The lowest BCUT2D eigenvalue weighted by Gasteiger charge is -1.94. The number of halogens is 1. The molecular weight excluding hydrogens is 172 g/mol. The summed E-state index contributed by atoms with van der Waals surface area (Å²) >= 11 is 5.60. The maximum absolute atomic E-state index is 5.60. The van der Waals surface area contributed by atoms with Gasteiger partial charge in [-0.05, 0) is 36.4 Å². The van der Waals surface area contributed by atoms with Gasteiger partial charge in [-0.2, -0.15) is 0 Å². The quantitative estimate of drug-likeness (QED) is 0.580. The van der Waals surface area contributed by atoms with Crippen molar-refractivity contribution in [2.75, 3.05) is 0 Å². The smallest absolute Gasteiger partial charge is 0.222 e. The maximum Gasteiger partial charge on any atom is 0.222 e. The average Bonchev–Trinajstić information content (AvgIpc) is 2.54. The van der Waals surface area contributed by atoms with Gasteiger partial charge in [-0.1, -0.05) is 13.8 Å². The zero-order valence-electron chi connectivity index (χ0n) is 7.47. The van der Waals surface area contributed by atoms with Crippen molar-refractivity contribution in [3.05, 3.63) is 22.7 Å². The summed E-state index contributed by atoms with van der Waals surface area (Å²) in [5.74, 6) is 0. The van der Waals surface area contributed by atoms with E-state index >= 15 is 0 Å². The van der Waals surface area contributed by atoms with E-state index in [4.69, 9.17) is 11.6 Å². The van der Waals surface area contributed by atoms with E-state index in [1.165, 1.54) is 12.0 Å². The van der Waals surface area contributed by atoms with E-state index in [0.717, 1.165) is 18.5 Å². The number of hydrogen-bond donors (Lipinski definition) is 0. The van der Waals surface area contributed by atoms with E-state index < -0.39 is 0 Å². The van der Waals surface area contributed by atoms with E-state index in [1.54, 1.807) is 0 Å². The lowest BCUT2D eigenvalue weighted by Crippen LogP contribution is -1.90. The molecule has 1 aliphatic carbocycles. The normalized spacial score (nSPS) is 13.2. The highest BCUT2D eigenvalue weighted by Crippen LogP contribution is 2.19. The summed E-state index contributed by atoms with van der Waals surface area (Å²) < 4.78 is 0. The van der Waals surface area contributed by atoms with Crippen LogP contribution in [0, 0.1) is 0 Å². The standard InChI is InChI=1S/C7H7ClN2.C2H6/c8-7-9-4-5-2-1-3-6(5)10-7;1-2/h4H,1-3H2;1-2H3. The van der Waals surface area contributed by atoms with E-state index in [0.29, 0.717) is 5.28 Å². The van der Waals surface area contributed by atoms with Crippen LogP contribution in [-0.2, 0) is 12.8 Å². The number of nitrogens with zero attached hydrogens (tertiary/aromatic N) is 2. The van der Waals surface area contributed by atoms with Crippen LogP contribution in [0.5, 0.6) is 0 Å². The second-order valence-corrected chi connectivity index (χ2v) is 2.80. The van der Waals surface area contributed by atoms with Crippen molar-refractivity contribution in [2.24, 2.45) is 0 Å². The first-order chi connectivity index (χ1) is 5.86. The first kappa shape index (κ1) is 9.46. The highest BCUT2D eigenvalue weighted by molar-refractivity contribution is 6.28. The fourth-order valence-corrected chi connectivity index (χ4v) is 1.44. The van der Waals surface area contributed by atoms with E-state index in [9.17, 15) is 0 Å². The first-order valence-electron chi connectivity index (χ1n) is 4.36. The van der Waals surface area contributed by atoms with E-state index in [1.807, 2.05) is 20.0 Å². The van der Waals surface area contributed by atoms with Crippen molar-refractivity contribution in [1.29, 1.82) is 0 Å². The van der Waals surface area contributed by atoms with Gasteiger partial charge in [-0.3, -0.25) is 0 Å². The van der Waals surface area contributed by atoms with Crippen molar-refractivity contribution in [3.8, 4) is 0 Å². The largest absolute Gasteiger partial charge is 0.226 e. The molecule has 0 saturated heterocycles. The molecule has 0 spiro atoms. The molecule has 0 saturated carbocycles. The molecule has 0 radical (unpaired) electrons. The summed E-state index contributed by atoms with van der Waals surface area (Å²) in [7, 11) is 0. The zero-order valence-corrected chi connectivity index (χ0v) is 8.23. The number of rotatable bonds is 0. The fourth-order valence-electron chi connectivity index (χ4n) is 1.29. The maximum atomic E-state index is 5.60. The van der Waals surface area contributed by atoms with Crippen molar-refractivity contribution >= 4 is 11.6 Å². The minimum Gasteiger partial charge on any atom is -0.226 e. The van der Waals surface area contributed by atoms with Gasteiger partial charge in [0.15, 0.2) is 0 Å². The third kappa shape index (κ3) is 1.95. The Hall–Kier alpha value is -0.630. The molecule has 0 fully saturated rings. The minimum atomic E-state index is 0.376. The Bertz CT molecular complexity index is 261. The van der Waals surface area contributed by atoms with Gasteiger partial charge in [0.2, 0.25) is 5.28 Å². The van der Waals surface area contributed by atoms with Gasteiger partial charge in [0.25, 0.3) is 0 Å². The van der Waals surface area contributed by atoms with Crippen molar-refractivity contribution in [2.45, 2.75) is 33.1 Å². The molecule has 0 N–H and O–H groups in total. The van der Waals surface area contributed by atoms with Gasteiger partial charge in [-0.25, -0.2) is 9.97 Å². The molecule has 0 bridgehead atoms. The van der Waals surface area contributed by atoms with E-state index in [-0.39, 0.29) is 0 Å². The van der Waals surface area contributed by atoms with Gasteiger partial charge in [0.05, 0.1) is 0 Å². The van der Waals surface area contributed by atoms with Crippen LogP contribution in [0.3, 0.4) is 0 Å². The second kappa shape index (κ2) is 4.41. The first-order valence-corrected chi connectivity index (χ1v) is 4.74. The van der Waals surface area contributed by atoms with E-state index in [2.05, 4.69) is 9.97 Å². The van der Waals surface area contributed by atoms with Crippen LogP contribution in [0.4, 0.5) is 0 Å². The average molecular weight is 185 g/mol. The number of aryl methyl sites for hydroxylation is 2. The van der Waals surface area contributed by atoms with Crippen molar-refractivity contribution < 1.29 is 0 Å². The molecule has 1 aromatic rings. The second-order valence-electron chi connectivity index (χ2n) is 2.46. The molecule has 0 aliphatic heterocycles. The lowest BCUT2D eigenvalue weighted by molar-refractivity contribution is 0.899. The third-order valence-corrected chi connectivity index (χ3v) is 1.97. The predicted octanol–water partition coefficient (Wildman–Crippen LogP) is 2.64. The summed E-state index contributed by atoms with van der Waals surface area (Å²) in [5, 5.41) is 0.376. The topological polar surface area (TPSA) is 25.8 Å². The molecule has 3 heteroatoms. The van der Waals surface area contributed by atoms with Crippen LogP contribution in [0.25, 0.3) is 0 Å². The lowest BCUT2D eigenvalue weighted by atomic mass is 10.3. The molecule has 66 valence electrons. The SMILES string of the molecule is CC.Clc1ncc2c(n1)CCC2. The monoisotopic (exact) mass is 184 g/mol. The summed E-state index contributed by atoms with van der Waals surface area (Å²) in [4.78, 5) is 8.01. The number of hydrogen-bond acceptors (Lipinski definition) is 2. The van der Waals surface area contributed by atoms with Crippen LogP contribution in [-0.4, -0.2) is 9.97 Å². The summed E-state index contributed by atoms with van der Waals surface area (Å²) in [6, 6.07) is 0. The molecule has 2 nitrogen and oxygen atoms in total. The Balaban J connectivity index is 0.000000336. The van der Waals surface area contributed by atoms with Crippen molar-refractivity contribution in [3.63, 3.8) is 0 Å². The Morgan fingerprint density at radius 2 is 2.08 bits per heavy atom. The van der Waals surface area contributed by atoms with Crippen LogP contribution in [0.15, 0.2) is 6.20 Å². The molecule has 0 atom stereocenters. The highest BCUT2D eigenvalue weighted by atomic mass is 35.5. The minimum absolute atomic E-state index is 0.376. The van der Waals surface area contributed by atoms with Crippen LogP contribution < -0.4 is 0 Å². The molecular formula is C9H13ClN2. The number of fused-ring (bicyclic) bond motifs is 1. The predicted molar refractivity (Wildman–Crippen MR) is 50.4 cm³/mol. The Kier molecular flexibility index (Phi) is 3.48. The molecule has 12 heavy (non-hydrogen) atoms. The molecule has 0 aromatic carbocycles. The number of aromatic nitrogens is 2. The zero-order chi connectivity index (χ0) is 8.97. The summed E-state index contributed by atoms with van der Waals surface area (Å²) in [5.41, 5.74) is 2.41. The van der Waals surface area contributed by atoms with Gasteiger partial charge in [0, 0.05) is 11.9 Å². The molecule has 1 heterocycles. The third-order valence-electron chi connectivity index (χ3n) is 1.78. The molecule has 0 amide bonds. The Morgan fingerprint density at radius 3 is 2.83 bits per heavy atom. The van der Waals surface area contributed by atoms with Crippen LogP contribution >= 0.6 is 11.6 Å². The molecule has 2 rings (SSSR count). The highest BCUT2D eigenvalue weighted by Gasteiger charge is 2.11. The van der Waals surface area contributed by atoms with Crippen LogP contribution in [0.2, 0.25) is 5.28 Å².